The SMILES string of the molecule is NP(=O)(O)Cc1ccnc2nc(C(=O)O)cn12. The van der Waals surface area contributed by atoms with Crippen molar-refractivity contribution in [2.75, 3.05) is 0 Å². The summed E-state index contributed by atoms with van der Waals surface area (Å²) in [6.07, 6.45) is 2.33. The van der Waals surface area contributed by atoms with Gasteiger partial charge in [-0.1, -0.05) is 0 Å². The zero-order valence-corrected chi connectivity index (χ0v) is 9.41. The van der Waals surface area contributed by atoms with E-state index in [4.69, 9.17) is 15.5 Å². The van der Waals surface area contributed by atoms with Gasteiger partial charge in [-0.05, 0) is 6.07 Å². The number of nitrogens with zero attached hydrogens (tertiary/aromatic N) is 3. The number of aromatic nitrogens is 3. The normalized spacial score (nSPS) is 14.7. The monoisotopic (exact) mass is 256 g/mol. The van der Waals surface area contributed by atoms with Gasteiger partial charge in [0.2, 0.25) is 5.78 Å². The van der Waals surface area contributed by atoms with Crippen LogP contribution in [0.1, 0.15) is 16.2 Å². The second-order valence-electron chi connectivity index (χ2n) is 3.45. The lowest BCUT2D eigenvalue weighted by atomic mass is 10.4. The molecule has 4 N–H and O–H groups in total. The van der Waals surface area contributed by atoms with Crippen molar-refractivity contribution in [3.63, 3.8) is 0 Å². The largest absolute Gasteiger partial charge is 0.476 e. The van der Waals surface area contributed by atoms with E-state index in [9.17, 15) is 9.36 Å². The lowest BCUT2D eigenvalue weighted by molar-refractivity contribution is 0.0691. The number of imidazole rings is 1. The first kappa shape index (κ1) is 11.7. The molecule has 2 aromatic heterocycles. The molecule has 1 unspecified atom stereocenters. The molecule has 9 heteroatoms. The Morgan fingerprint density at radius 3 is 2.88 bits per heavy atom. The first-order valence-electron chi connectivity index (χ1n) is 4.53. The predicted octanol–water partition coefficient (Wildman–Crippen LogP) is 0.0716. The van der Waals surface area contributed by atoms with Gasteiger partial charge in [0.15, 0.2) is 5.69 Å². The van der Waals surface area contributed by atoms with Crippen molar-refractivity contribution in [2.24, 2.45) is 5.50 Å². The fraction of sp³-hybridized carbons (Fsp3) is 0.125. The van der Waals surface area contributed by atoms with Gasteiger partial charge in [0.05, 0.1) is 6.16 Å². The highest BCUT2D eigenvalue weighted by Gasteiger charge is 2.17. The van der Waals surface area contributed by atoms with Gasteiger partial charge < -0.3 is 10.00 Å². The average molecular weight is 256 g/mol. The molecule has 2 heterocycles. The van der Waals surface area contributed by atoms with E-state index in [-0.39, 0.29) is 17.6 Å². The quantitative estimate of drug-likeness (QED) is 0.662. The van der Waals surface area contributed by atoms with Gasteiger partial charge in [0.1, 0.15) is 0 Å². The summed E-state index contributed by atoms with van der Waals surface area (Å²) in [6, 6.07) is 1.48. The molecule has 0 aliphatic carbocycles. The highest BCUT2D eigenvalue weighted by atomic mass is 31.2. The molecule has 17 heavy (non-hydrogen) atoms. The molecule has 0 fully saturated rings. The molecule has 90 valence electrons. The summed E-state index contributed by atoms with van der Waals surface area (Å²) in [5.74, 6) is -1.05. The Hall–Kier alpha value is -1.76. The van der Waals surface area contributed by atoms with Crippen LogP contribution >= 0.6 is 7.52 Å². The van der Waals surface area contributed by atoms with Crippen molar-refractivity contribution in [1.29, 1.82) is 0 Å². The molecule has 0 spiro atoms. The van der Waals surface area contributed by atoms with Crippen LogP contribution in [0.4, 0.5) is 0 Å². The first-order chi connectivity index (χ1) is 7.87. The number of fused-ring (bicyclic) bond motifs is 1. The zero-order chi connectivity index (χ0) is 12.6. The lowest BCUT2D eigenvalue weighted by Crippen LogP contribution is -2.02. The second-order valence-corrected chi connectivity index (χ2v) is 5.28. The molecule has 8 nitrogen and oxygen atoms in total. The zero-order valence-electron chi connectivity index (χ0n) is 8.52. The van der Waals surface area contributed by atoms with Crippen molar-refractivity contribution in [1.82, 2.24) is 14.4 Å². The summed E-state index contributed by atoms with van der Waals surface area (Å²) in [6.45, 7) is 0. The first-order valence-corrected chi connectivity index (χ1v) is 6.45. The Bertz CT molecular complexity index is 631. The number of carboxylic acid groups (broad SMARTS) is 1. The Morgan fingerprint density at radius 1 is 1.59 bits per heavy atom. The van der Waals surface area contributed by atoms with E-state index in [0.717, 1.165) is 0 Å². The van der Waals surface area contributed by atoms with Crippen molar-refractivity contribution in [3.05, 3.63) is 29.8 Å². The third-order valence-corrected chi connectivity index (χ3v) is 2.84. The minimum atomic E-state index is -3.73. The molecule has 0 aliphatic rings. The number of carbonyl (C=O) groups is 1. The maximum Gasteiger partial charge on any atom is 0.356 e. The Labute approximate surface area is 95.2 Å². The van der Waals surface area contributed by atoms with Crippen molar-refractivity contribution < 1.29 is 19.4 Å². The Kier molecular flexibility index (Phi) is 2.70. The molecule has 0 aliphatic heterocycles. The van der Waals surface area contributed by atoms with Crippen LogP contribution in [0.3, 0.4) is 0 Å². The van der Waals surface area contributed by atoms with E-state index in [2.05, 4.69) is 9.97 Å². The Balaban J connectivity index is 2.57. The van der Waals surface area contributed by atoms with Crippen molar-refractivity contribution in [2.45, 2.75) is 6.16 Å². The predicted molar refractivity (Wildman–Crippen MR) is 57.7 cm³/mol. The summed E-state index contributed by atoms with van der Waals surface area (Å²) in [5.41, 5.74) is 5.26. The standard InChI is InChI=1S/C8H9N4O4P/c9-17(15,16)4-5-1-2-10-8-11-6(7(13)14)3-12(5)8/h1-3H,4H2,(H,13,14)(H3,9,15,16). The van der Waals surface area contributed by atoms with Crippen LogP contribution in [-0.4, -0.2) is 30.3 Å². The second kappa shape index (κ2) is 3.92. The third kappa shape index (κ3) is 2.50. The number of aromatic carboxylic acids is 1. The molecular weight excluding hydrogens is 247 g/mol. The van der Waals surface area contributed by atoms with E-state index in [0.29, 0.717) is 5.69 Å². The molecule has 0 saturated carbocycles. The van der Waals surface area contributed by atoms with Gasteiger partial charge in [-0.2, -0.15) is 0 Å². The van der Waals surface area contributed by atoms with Crippen LogP contribution in [0, 0.1) is 0 Å². The summed E-state index contributed by atoms with van der Waals surface area (Å²) in [5, 5.41) is 8.78. The maximum atomic E-state index is 11.1. The number of nitrogens with two attached hydrogens (primary N) is 1. The highest BCUT2D eigenvalue weighted by Crippen LogP contribution is 2.34. The van der Waals surface area contributed by atoms with Crippen LogP contribution < -0.4 is 5.50 Å². The number of hydrogen-bond donors (Lipinski definition) is 3. The fourth-order valence-corrected chi connectivity index (χ4v) is 2.13. The summed E-state index contributed by atoms with van der Waals surface area (Å²) < 4.78 is 12.5. The van der Waals surface area contributed by atoms with Crippen LogP contribution in [0.25, 0.3) is 5.78 Å². The van der Waals surface area contributed by atoms with Crippen LogP contribution in [0.2, 0.25) is 0 Å². The highest BCUT2D eigenvalue weighted by molar-refractivity contribution is 7.54. The van der Waals surface area contributed by atoms with Gasteiger partial charge in [-0.3, -0.25) is 14.5 Å². The Morgan fingerprint density at radius 2 is 2.29 bits per heavy atom. The molecule has 2 rings (SSSR count). The molecule has 2 aromatic rings. The van der Waals surface area contributed by atoms with Gasteiger partial charge in [-0.25, -0.2) is 14.8 Å². The van der Waals surface area contributed by atoms with E-state index >= 15 is 0 Å². The van der Waals surface area contributed by atoms with Gasteiger partial charge >= 0.3 is 5.97 Å². The van der Waals surface area contributed by atoms with Crippen molar-refractivity contribution in [3.8, 4) is 0 Å². The molecule has 0 aromatic carbocycles. The summed E-state index contributed by atoms with van der Waals surface area (Å²) >= 11 is 0. The van der Waals surface area contributed by atoms with Gasteiger partial charge in [0.25, 0.3) is 7.52 Å². The minimum absolute atomic E-state index is 0.147. The molecule has 0 amide bonds. The van der Waals surface area contributed by atoms with Crippen LogP contribution in [0.15, 0.2) is 18.5 Å². The third-order valence-electron chi connectivity index (χ3n) is 2.06. The average Bonchev–Trinajstić information content (AvgIpc) is 2.60. The summed E-state index contributed by atoms with van der Waals surface area (Å²) in [4.78, 5) is 27.4. The van der Waals surface area contributed by atoms with E-state index < -0.39 is 13.5 Å². The minimum Gasteiger partial charge on any atom is -0.476 e. The smallest absolute Gasteiger partial charge is 0.356 e. The van der Waals surface area contributed by atoms with Crippen LogP contribution in [-0.2, 0) is 10.7 Å². The van der Waals surface area contributed by atoms with E-state index in [1.807, 2.05) is 0 Å². The van der Waals surface area contributed by atoms with E-state index in [1.54, 1.807) is 0 Å². The lowest BCUT2D eigenvalue weighted by Gasteiger charge is -2.06. The molecule has 0 saturated heterocycles. The topological polar surface area (TPSA) is 131 Å². The molecular formula is C8H9N4O4P. The number of hydrogen-bond acceptors (Lipinski definition) is 4. The van der Waals surface area contributed by atoms with E-state index in [1.165, 1.54) is 22.9 Å². The van der Waals surface area contributed by atoms with Crippen LogP contribution in [0.5, 0.6) is 0 Å². The number of carboxylic acids is 1. The molecule has 0 bridgehead atoms. The molecule has 1 atom stereocenters. The van der Waals surface area contributed by atoms with Crippen molar-refractivity contribution >= 4 is 19.3 Å². The maximum absolute atomic E-state index is 11.1. The summed E-state index contributed by atoms with van der Waals surface area (Å²) in [7, 11) is -3.73. The molecule has 0 radical (unpaired) electrons. The van der Waals surface area contributed by atoms with Gasteiger partial charge in [0, 0.05) is 18.1 Å². The fourth-order valence-electron chi connectivity index (χ4n) is 1.41. The number of rotatable bonds is 3. The van der Waals surface area contributed by atoms with Gasteiger partial charge in [-0.15, -0.1) is 0 Å².